The van der Waals surface area contributed by atoms with Crippen LogP contribution in [-0.4, -0.2) is 22.6 Å². The molecule has 0 amide bonds. The monoisotopic (exact) mass is 217 g/mol. The van der Waals surface area contributed by atoms with E-state index in [0.717, 1.165) is 12.8 Å². The van der Waals surface area contributed by atoms with E-state index in [0.29, 0.717) is 6.04 Å². The van der Waals surface area contributed by atoms with Crippen LogP contribution in [0, 0.1) is 0 Å². The van der Waals surface area contributed by atoms with Gasteiger partial charge in [0.05, 0.1) is 0 Å². The van der Waals surface area contributed by atoms with Gasteiger partial charge in [0.25, 0.3) is 0 Å². The molecule has 0 radical (unpaired) electrons. The minimum absolute atomic E-state index is 0.654. The van der Waals surface area contributed by atoms with Gasteiger partial charge in [0.15, 0.2) is 0 Å². The summed E-state index contributed by atoms with van der Waals surface area (Å²) in [5.74, 6) is 0. The molecular weight excluding hydrogens is 198 g/mol. The molecule has 0 saturated carbocycles. The summed E-state index contributed by atoms with van der Waals surface area (Å²) in [6, 6.07) is 0.654. The largest absolute Gasteiger partial charge is 0.314 e. The van der Waals surface area contributed by atoms with Crippen molar-refractivity contribution < 1.29 is 0 Å². The highest BCUT2D eigenvalue weighted by molar-refractivity contribution is 5.27. The summed E-state index contributed by atoms with van der Waals surface area (Å²) in [7, 11) is 0. The van der Waals surface area contributed by atoms with Crippen LogP contribution in [0.25, 0.3) is 0 Å². The van der Waals surface area contributed by atoms with Crippen LogP contribution in [0.5, 0.6) is 0 Å². The zero-order valence-electron chi connectivity index (χ0n) is 9.71. The summed E-state index contributed by atoms with van der Waals surface area (Å²) in [5.41, 5.74) is 4.08. The Balaban J connectivity index is 1.82. The Labute approximate surface area is 96.7 Å². The van der Waals surface area contributed by atoms with Crippen molar-refractivity contribution in [2.24, 2.45) is 0 Å². The molecule has 1 unspecified atom stereocenters. The zero-order chi connectivity index (χ0) is 10.8. The third kappa shape index (κ3) is 1.96. The number of aryl methyl sites for hydroxylation is 1. The SMILES string of the molecule is c1nc2c(c(CC3CCCN3)n1)CCCC2. The fraction of sp³-hybridized carbons (Fsp3) is 0.692. The molecule has 86 valence electrons. The number of hydrogen-bond acceptors (Lipinski definition) is 3. The smallest absolute Gasteiger partial charge is 0.115 e. The van der Waals surface area contributed by atoms with Gasteiger partial charge >= 0.3 is 0 Å². The maximum Gasteiger partial charge on any atom is 0.115 e. The van der Waals surface area contributed by atoms with Gasteiger partial charge in [0, 0.05) is 23.9 Å². The van der Waals surface area contributed by atoms with E-state index in [-0.39, 0.29) is 0 Å². The second kappa shape index (κ2) is 4.50. The highest BCUT2D eigenvalue weighted by Crippen LogP contribution is 2.23. The molecule has 1 N–H and O–H groups in total. The zero-order valence-corrected chi connectivity index (χ0v) is 9.71. The van der Waals surface area contributed by atoms with Crippen LogP contribution < -0.4 is 5.32 Å². The molecule has 0 bridgehead atoms. The third-order valence-electron chi connectivity index (χ3n) is 3.82. The molecule has 3 rings (SSSR count). The highest BCUT2D eigenvalue weighted by Gasteiger charge is 2.20. The van der Waals surface area contributed by atoms with E-state index in [2.05, 4.69) is 15.3 Å². The van der Waals surface area contributed by atoms with E-state index in [9.17, 15) is 0 Å². The van der Waals surface area contributed by atoms with Crippen LogP contribution in [0.2, 0.25) is 0 Å². The summed E-state index contributed by atoms with van der Waals surface area (Å²) in [4.78, 5) is 8.93. The first-order valence-corrected chi connectivity index (χ1v) is 6.48. The van der Waals surface area contributed by atoms with E-state index in [1.807, 2.05) is 0 Å². The van der Waals surface area contributed by atoms with Gasteiger partial charge in [-0.25, -0.2) is 9.97 Å². The van der Waals surface area contributed by atoms with Crippen molar-refractivity contribution in [2.75, 3.05) is 6.54 Å². The van der Waals surface area contributed by atoms with Gasteiger partial charge in [-0.05, 0) is 50.6 Å². The lowest BCUT2D eigenvalue weighted by molar-refractivity contribution is 0.578. The standard InChI is InChI=1S/C13H19N3/c1-2-6-12-11(5-1)13(16-9-15-12)8-10-4-3-7-14-10/h9-10,14H,1-8H2. The number of aromatic nitrogens is 2. The van der Waals surface area contributed by atoms with E-state index in [1.165, 1.54) is 55.6 Å². The number of nitrogens with one attached hydrogen (secondary N) is 1. The Hall–Kier alpha value is -0.960. The van der Waals surface area contributed by atoms with Crippen LogP contribution in [0.1, 0.15) is 42.6 Å². The molecule has 16 heavy (non-hydrogen) atoms. The van der Waals surface area contributed by atoms with E-state index in [1.54, 1.807) is 6.33 Å². The van der Waals surface area contributed by atoms with Gasteiger partial charge in [-0.15, -0.1) is 0 Å². The Kier molecular flexibility index (Phi) is 2.87. The second-order valence-electron chi connectivity index (χ2n) is 4.95. The van der Waals surface area contributed by atoms with Crippen molar-refractivity contribution in [1.82, 2.24) is 15.3 Å². The maximum absolute atomic E-state index is 4.50. The van der Waals surface area contributed by atoms with Crippen molar-refractivity contribution in [3.8, 4) is 0 Å². The van der Waals surface area contributed by atoms with Gasteiger partial charge < -0.3 is 5.32 Å². The Morgan fingerprint density at radius 1 is 1.19 bits per heavy atom. The lowest BCUT2D eigenvalue weighted by atomic mass is 9.92. The molecule has 1 aromatic rings. The summed E-state index contributed by atoms with van der Waals surface area (Å²) >= 11 is 0. The molecule has 1 saturated heterocycles. The molecule has 3 nitrogen and oxygen atoms in total. The summed E-state index contributed by atoms with van der Waals surface area (Å²) in [6.45, 7) is 1.18. The van der Waals surface area contributed by atoms with Gasteiger partial charge in [-0.3, -0.25) is 0 Å². The number of nitrogens with zero attached hydrogens (tertiary/aromatic N) is 2. The Morgan fingerprint density at radius 2 is 2.12 bits per heavy atom. The van der Waals surface area contributed by atoms with Crippen molar-refractivity contribution in [3.05, 3.63) is 23.3 Å². The van der Waals surface area contributed by atoms with Crippen LogP contribution in [-0.2, 0) is 19.3 Å². The average molecular weight is 217 g/mol. The molecule has 2 aliphatic rings. The molecule has 3 heteroatoms. The first-order valence-electron chi connectivity index (χ1n) is 6.48. The minimum atomic E-state index is 0.654. The molecule has 1 aliphatic heterocycles. The fourth-order valence-electron chi connectivity index (χ4n) is 2.93. The van der Waals surface area contributed by atoms with Crippen molar-refractivity contribution >= 4 is 0 Å². The van der Waals surface area contributed by atoms with Gasteiger partial charge in [-0.2, -0.15) is 0 Å². The molecule has 0 spiro atoms. The summed E-state index contributed by atoms with van der Waals surface area (Å²) in [6.07, 6.45) is 10.4. The molecular formula is C13H19N3. The maximum atomic E-state index is 4.50. The normalized spacial score (nSPS) is 24.4. The Morgan fingerprint density at radius 3 is 3.00 bits per heavy atom. The number of hydrogen-bond donors (Lipinski definition) is 1. The summed E-state index contributed by atoms with van der Waals surface area (Å²) < 4.78 is 0. The molecule has 2 heterocycles. The third-order valence-corrected chi connectivity index (χ3v) is 3.82. The first kappa shape index (κ1) is 10.2. The second-order valence-corrected chi connectivity index (χ2v) is 4.95. The number of rotatable bonds is 2. The molecule has 1 aliphatic carbocycles. The van der Waals surface area contributed by atoms with Gasteiger partial charge in [-0.1, -0.05) is 0 Å². The minimum Gasteiger partial charge on any atom is -0.314 e. The fourth-order valence-corrected chi connectivity index (χ4v) is 2.93. The topological polar surface area (TPSA) is 37.8 Å². The van der Waals surface area contributed by atoms with Crippen LogP contribution in [0.15, 0.2) is 6.33 Å². The lowest BCUT2D eigenvalue weighted by Crippen LogP contribution is -2.25. The number of fused-ring (bicyclic) bond motifs is 1. The average Bonchev–Trinajstić information content (AvgIpc) is 2.82. The molecule has 1 fully saturated rings. The predicted molar refractivity (Wildman–Crippen MR) is 63.4 cm³/mol. The van der Waals surface area contributed by atoms with Crippen LogP contribution in [0.4, 0.5) is 0 Å². The molecule has 0 aromatic carbocycles. The van der Waals surface area contributed by atoms with Gasteiger partial charge in [0.1, 0.15) is 6.33 Å². The van der Waals surface area contributed by atoms with E-state index >= 15 is 0 Å². The highest BCUT2D eigenvalue weighted by atomic mass is 14.9. The quantitative estimate of drug-likeness (QED) is 0.818. The molecule has 1 atom stereocenters. The Bertz CT molecular complexity index is 369. The molecule has 1 aromatic heterocycles. The van der Waals surface area contributed by atoms with Crippen LogP contribution >= 0.6 is 0 Å². The van der Waals surface area contributed by atoms with Crippen molar-refractivity contribution in [2.45, 2.75) is 51.0 Å². The lowest BCUT2D eigenvalue weighted by Gasteiger charge is -2.19. The van der Waals surface area contributed by atoms with Gasteiger partial charge in [0.2, 0.25) is 0 Å². The van der Waals surface area contributed by atoms with Crippen LogP contribution in [0.3, 0.4) is 0 Å². The first-order chi connectivity index (χ1) is 7.93. The van der Waals surface area contributed by atoms with E-state index in [4.69, 9.17) is 0 Å². The van der Waals surface area contributed by atoms with E-state index < -0.39 is 0 Å². The van der Waals surface area contributed by atoms with Crippen molar-refractivity contribution in [1.29, 1.82) is 0 Å². The van der Waals surface area contributed by atoms with Crippen molar-refractivity contribution in [3.63, 3.8) is 0 Å². The predicted octanol–water partition coefficient (Wildman–Crippen LogP) is 1.65. The summed E-state index contributed by atoms with van der Waals surface area (Å²) in [5, 5.41) is 3.55.